The van der Waals surface area contributed by atoms with Gasteiger partial charge >= 0.3 is 0 Å². The van der Waals surface area contributed by atoms with Crippen molar-refractivity contribution in [3.63, 3.8) is 0 Å². The van der Waals surface area contributed by atoms with E-state index >= 15 is 0 Å². The van der Waals surface area contributed by atoms with Crippen LogP contribution in [0.5, 0.6) is 0 Å². The average molecular weight is 416 g/mol. The predicted molar refractivity (Wildman–Crippen MR) is 112 cm³/mol. The summed E-state index contributed by atoms with van der Waals surface area (Å²) in [6, 6.07) is 16.5. The van der Waals surface area contributed by atoms with Gasteiger partial charge in [-0.15, -0.1) is 0 Å². The Morgan fingerprint density at radius 1 is 1.11 bits per heavy atom. The molecule has 0 radical (unpaired) electrons. The lowest BCUT2D eigenvalue weighted by Gasteiger charge is -2.16. The normalized spacial score (nSPS) is 11.8. The maximum atomic E-state index is 13.0. The van der Waals surface area contributed by atoms with Gasteiger partial charge in [-0.2, -0.15) is 4.37 Å². The van der Waals surface area contributed by atoms with Crippen molar-refractivity contribution < 1.29 is 9.59 Å². The highest BCUT2D eigenvalue weighted by Crippen LogP contribution is 2.37. The number of nitrogens with zero attached hydrogens (tertiary/aromatic N) is 2. The Hall–Kier alpha value is -2.16. The molecule has 27 heavy (non-hydrogen) atoms. The summed E-state index contributed by atoms with van der Waals surface area (Å²) in [5.74, 6) is -0.216. The van der Waals surface area contributed by atoms with Gasteiger partial charge in [0.1, 0.15) is 5.25 Å². The molecule has 1 N–H and O–H groups in total. The molecule has 0 spiro atoms. The highest BCUT2D eigenvalue weighted by atomic mass is 32.2. The zero-order valence-electron chi connectivity index (χ0n) is 14.7. The molecule has 2 aromatic carbocycles. The van der Waals surface area contributed by atoms with Crippen LogP contribution in [0.25, 0.3) is 0 Å². The number of carbonyl (C=O) groups is 2. The highest BCUT2D eigenvalue weighted by molar-refractivity contribution is 8.02. The molecule has 0 aliphatic heterocycles. The van der Waals surface area contributed by atoms with Crippen LogP contribution < -0.4 is 5.32 Å². The van der Waals surface area contributed by atoms with Crippen LogP contribution >= 0.6 is 35.1 Å². The summed E-state index contributed by atoms with van der Waals surface area (Å²) in [7, 11) is 0. The number of nitrogens with one attached hydrogen (secondary N) is 1. The number of benzene rings is 2. The minimum Gasteiger partial charge on any atom is -0.325 e. The SMILES string of the molecule is CSc1nsc(S[C@@H](C(=O)Nc2cccc(C(C)=O)c2)c2ccccc2)n1. The van der Waals surface area contributed by atoms with Gasteiger partial charge in [-0.25, -0.2) is 4.98 Å². The van der Waals surface area contributed by atoms with Gasteiger partial charge in [0.15, 0.2) is 10.1 Å². The summed E-state index contributed by atoms with van der Waals surface area (Å²) in [5, 5.41) is 3.14. The Labute approximate surface area is 170 Å². The lowest BCUT2D eigenvalue weighted by atomic mass is 10.1. The van der Waals surface area contributed by atoms with Gasteiger partial charge in [-0.3, -0.25) is 9.59 Å². The van der Waals surface area contributed by atoms with Crippen LogP contribution in [0, 0.1) is 0 Å². The molecule has 8 heteroatoms. The van der Waals surface area contributed by atoms with Gasteiger partial charge in [-0.05, 0) is 42.4 Å². The van der Waals surface area contributed by atoms with Crippen LogP contribution in [0.15, 0.2) is 64.1 Å². The van der Waals surface area contributed by atoms with Crippen molar-refractivity contribution in [1.82, 2.24) is 9.36 Å². The van der Waals surface area contributed by atoms with E-state index in [-0.39, 0.29) is 11.7 Å². The van der Waals surface area contributed by atoms with E-state index < -0.39 is 5.25 Å². The fraction of sp³-hybridized carbons (Fsp3) is 0.158. The first-order valence-electron chi connectivity index (χ1n) is 8.08. The van der Waals surface area contributed by atoms with E-state index in [1.165, 1.54) is 42.0 Å². The molecule has 0 fully saturated rings. The number of amides is 1. The molecule has 3 aromatic rings. The number of hydrogen-bond acceptors (Lipinski definition) is 7. The summed E-state index contributed by atoms with van der Waals surface area (Å²) in [4.78, 5) is 29.0. The number of carbonyl (C=O) groups excluding carboxylic acids is 2. The van der Waals surface area contributed by atoms with Gasteiger partial charge in [0.05, 0.1) is 0 Å². The number of thioether (sulfide) groups is 2. The Kier molecular flexibility index (Phi) is 6.65. The fourth-order valence-electron chi connectivity index (χ4n) is 2.35. The minimum atomic E-state index is -0.477. The van der Waals surface area contributed by atoms with Crippen molar-refractivity contribution in [3.05, 3.63) is 65.7 Å². The standard InChI is InChI=1S/C19H17N3O2S3/c1-12(23)14-9-6-10-15(11-14)20-17(24)16(13-7-4-3-5-8-13)26-19-21-18(25-2)22-27-19/h3-11,16H,1-2H3,(H,20,24)/t16-/m1/s1. The van der Waals surface area contributed by atoms with Crippen LogP contribution in [0.2, 0.25) is 0 Å². The summed E-state index contributed by atoms with van der Waals surface area (Å²) in [6.45, 7) is 1.50. The first-order chi connectivity index (χ1) is 13.1. The lowest BCUT2D eigenvalue weighted by Crippen LogP contribution is -2.19. The fourth-order valence-corrected chi connectivity index (χ4v) is 4.76. The zero-order chi connectivity index (χ0) is 19.2. The van der Waals surface area contributed by atoms with Crippen molar-refractivity contribution in [2.45, 2.75) is 21.7 Å². The van der Waals surface area contributed by atoms with Crippen molar-refractivity contribution in [1.29, 1.82) is 0 Å². The first-order valence-corrected chi connectivity index (χ1v) is 11.0. The van der Waals surface area contributed by atoms with Gasteiger partial charge in [0, 0.05) is 11.3 Å². The van der Waals surface area contributed by atoms with Crippen molar-refractivity contribution >= 4 is 52.4 Å². The molecule has 1 amide bonds. The number of anilines is 1. The third-order valence-electron chi connectivity index (χ3n) is 3.67. The summed E-state index contributed by atoms with van der Waals surface area (Å²) >= 11 is 4.12. The quantitative estimate of drug-likeness (QED) is 0.435. The van der Waals surface area contributed by atoms with Gasteiger partial charge in [0.2, 0.25) is 11.1 Å². The summed E-state index contributed by atoms with van der Waals surface area (Å²) in [6.07, 6.45) is 1.92. The van der Waals surface area contributed by atoms with E-state index in [0.29, 0.717) is 16.4 Å². The van der Waals surface area contributed by atoms with Crippen LogP contribution in [0.4, 0.5) is 5.69 Å². The van der Waals surface area contributed by atoms with Gasteiger partial charge in [0.25, 0.3) is 0 Å². The molecule has 0 aliphatic rings. The van der Waals surface area contributed by atoms with E-state index in [9.17, 15) is 9.59 Å². The molecule has 1 aromatic heterocycles. The third-order valence-corrected chi connectivity index (χ3v) is 6.37. The molecule has 0 bridgehead atoms. The number of hydrogen-bond donors (Lipinski definition) is 1. The van der Waals surface area contributed by atoms with Crippen molar-refractivity contribution in [2.75, 3.05) is 11.6 Å². The molecular formula is C19H17N3O2S3. The second-order valence-corrected chi connectivity index (χ2v) is 8.46. The Morgan fingerprint density at radius 2 is 1.89 bits per heavy atom. The molecule has 138 valence electrons. The maximum Gasteiger partial charge on any atom is 0.242 e. The largest absolute Gasteiger partial charge is 0.325 e. The zero-order valence-corrected chi connectivity index (χ0v) is 17.2. The maximum absolute atomic E-state index is 13.0. The van der Waals surface area contributed by atoms with E-state index in [1.807, 2.05) is 36.6 Å². The number of Topliss-reactive ketones (excluding diaryl/α,β-unsaturated/α-hetero) is 1. The molecule has 0 unspecified atom stereocenters. The van der Waals surface area contributed by atoms with Crippen LogP contribution in [0.1, 0.15) is 28.1 Å². The minimum absolute atomic E-state index is 0.0430. The van der Waals surface area contributed by atoms with Gasteiger partial charge < -0.3 is 5.32 Å². The number of ketones is 1. The molecular weight excluding hydrogens is 398 g/mol. The average Bonchev–Trinajstić information content (AvgIpc) is 3.14. The van der Waals surface area contributed by atoms with Crippen LogP contribution in [-0.2, 0) is 4.79 Å². The number of rotatable bonds is 7. The predicted octanol–water partition coefficient (Wildman–Crippen LogP) is 4.93. The summed E-state index contributed by atoms with van der Waals surface area (Å²) < 4.78 is 5.00. The lowest BCUT2D eigenvalue weighted by molar-refractivity contribution is -0.115. The second-order valence-electron chi connectivity index (χ2n) is 5.58. The Bertz CT molecular complexity index is 944. The van der Waals surface area contributed by atoms with E-state index in [1.54, 1.807) is 24.3 Å². The molecule has 5 nitrogen and oxygen atoms in total. The summed E-state index contributed by atoms with van der Waals surface area (Å²) in [5.41, 5.74) is 2.03. The highest BCUT2D eigenvalue weighted by Gasteiger charge is 2.24. The van der Waals surface area contributed by atoms with E-state index in [0.717, 1.165) is 9.90 Å². The third kappa shape index (κ3) is 5.18. The van der Waals surface area contributed by atoms with Crippen LogP contribution in [0.3, 0.4) is 0 Å². The monoisotopic (exact) mass is 415 g/mol. The smallest absolute Gasteiger partial charge is 0.242 e. The topological polar surface area (TPSA) is 72.0 Å². The van der Waals surface area contributed by atoms with Crippen LogP contribution in [-0.4, -0.2) is 27.3 Å². The van der Waals surface area contributed by atoms with E-state index in [4.69, 9.17) is 0 Å². The number of aromatic nitrogens is 2. The molecule has 0 saturated carbocycles. The van der Waals surface area contributed by atoms with Gasteiger partial charge in [-0.1, -0.05) is 66.0 Å². The molecule has 1 heterocycles. The first kappa shape index (κ1) is 19.6. The molecule has 3 rings (SSSR count). The van der Waals surface area contributed by atoms with Crippen molar-refractivity contribution in [2.24, 2.45) is 0 Å². The Balaban J connectivity index is 1.84. The molecule has 0 aliphatic carbocycles. The molecule has 0 saturated heterocycles. The van der Waals surface area contributed by atoms with Crippen molar-refractivity contribution in [3.8, 4) is 0 Å². The van der Waals surface area contributed by atoms with E-state index in [2.05, 4.69) is 14.7 Å². The molecule has 1 atom stereocenters. The Morgan fingerprint density at radius 3 is 2.56 bits per heavy atom. The second kappa shape index (κ2) is 9.16.